The lowest BCUT2D eigenvalue weighted by molar-refractivity contribution is 0.194. The van der Waals surface area contributed by atoms with Crippen LogP contribution >= 0.6 is 0 Å². The lowest BCUT2D eigenvalue weighted by atomic mass is 10.2. The summed E-state index contributed by atoms with van der Waals surface area (Å²) < 4.78 is 29.0. The molecule has 0 saturated heterocycles. The number of nitrogens with two attached hydrogens (primary N) is 1. The van der Waals surface area contributed by atoms with Crippen LogP contribution in [0.2, 0.25) is 0 Å². The lowest BCUT2D eigenvalue weighted by Crippen LogP contribution is -2.09. The van der Waals surface area contributed by atoms with E-state index in [1.807, 2.05) is 0 Å². The van der Waals surface area contributed by atoms with Gasteiger partial charge in [-0.1, -0.05) is 6.07 Å². The molecule has 0 aromatic heterocycles. The molecule has 1 aromatic carbocycles. The van der Waals surface area contributed by atoms with Crippen molar-refractivity contribution in [2.24, 2.45) is 0 Å². The van der Waals surface area contributed by atoms with E-state index in [0.29, 0.717) is 23.6 Å². The minimum Gasteiger partial charge on any atom is -0.399 e. The van der Waals surface area contributed by atoms with Crippen LogP contribution in [0.3, 0.4) is 0 Å². The van der Waals surface area contributed by atoms with Gasteiger partial charge in [-0.05, 0) is 37.5 Å². The summed E-state index contributed by atoms with van der Waals surface area (Å²) in [6.45, 7) is 2.37. The van der Waals surface area contributed by atoms with Gasteiger partial charge in [0.05, 0.1) is 10.6 Å². The molecule has 0 atom stereocenters. The summed E-state index contributed by atoms with van der Waals surface area (Å²) in [5.74, 6) is 0.140. The van der Waals surface area contributed by atoms with Crippen LogP contribution in [0.5, 0.6) is 0 Å². The molecule has 17 heavy (non-hydrogen) atoms. The van der Waals surface area contributed by atoms with Crippen LogP contribution in [-0.2, 0) is 14.6 Å². The number of benzene rings is 1. The van der Waals surface area contributed by atoms with Crippen molar-refractivity contribution < 1.29 is 13.2 Å². The van der Waals surface area contributed by atoms with Crippen LogP contribution in [0.15, 0.2) is 23.1 Å². The second-order valence-electron chi connectivity index (χ2n) is 4.04. The molecule has 4 nitrogen and oxygen atoms in total. The van der Waals surface area contributed by atoms with Crippen LogP contribution in [0.1, 0.15) is 18.4 Å². The lowest BCUT2D eigenvalue weighted by Gasteiger charge is -2.08. The minimum absolute atomic E-state index is 0.140. The molecule has 0 spiro atoms. The van der Waals surface area contributed by atoms with Crippen molar-refractivity contribution >= 4 is 15.5 Å². The van der Waals surface area contributed by atoms with Gasteiger partial charge < -0.3 is 10.5 Å². The molecule has 0 fully saturated rings. The smallest absolute Gasteiger partial charge is 0.178 e. The maximum absolute atomic E-state index is 12.1. The molecule has 0 aliphatic rings. The zero-order chi connectivity index (χ0) is 12.9. The predicted octanol–water partition coefficient (Wildman–Crippen LogP) is 1.78. The fourth-order valence-electron chi connectivity index (χ4n) is 1.60. The summed E-state index contributed by atoms with van der Waals surface area (Å²) in [7, 11) is -1.62. The summed E-state index contributed by atoms with van der Waals surface area (Å²) in [5, 5.41) is 0. The normalized spacial score (nSPS) is 11.6. The number of rotatable bonds is 6. The molecule has 0 amide bonds. The second kappa shape index (κ2) is 6.02. The summed E-state index contributed by atoms with van der Waals surface area (Å²) in [6.07, 6.45) is 1.35. The van der Waals surface area contributed by atoms with E-state index >= 15 is 0 Å². The first kappa shape index (κ1) is 14.0. The Morgan fingerprint density at radius 3 is 2.65 bits per heavy atom. The van der Waals surface area contributed by atoms with Gasteiger partial charge in [-0.3, -0.25) is 0 Å². The fraction of sp³-hybridized carbons (Fsp3) is 0.500. The number of ether oxygens (including phenoxy) is 1. The molecule has 96 valence electrons. The molecule has 0 aliphatic carbocycles. The van der Waals surface area contributed by atoms with Crippen LogP contribution < -0.4 is 5.73 Å². The molecule has 0 saturated carbocycles. The number of aryl methyl sites for hydroxylation is 1. The SMILES string of the molecule is COCCCCS(=O)(=O)c1cc(N)ccc1C. The first-order valence-corrected chi connectivity index (χ1v) is 7.20. The van der Waals surface area contributed by atoms with Crippen molar-refractivity contribution in [1.82, 2.24) is 0 Å². The molecule has 0 aliphatic heterocycles. The fourth-order valence-corrected chi connectivity index (χ4v) is 3.28. The minimum atomic E-state index is -3.23. The molecule has 0 unspecified atom stereocenters. The number of sulfone groups is 1. The molecule has 0 radical (unpaired) electrons. The zero-order valence-corrected chi connectivity index (χ0v) is 11.1. The van der Waals surface area contributed by atoms with Crippen LogP contribution in [0.4, 0.5) is 5.69 Å². The highest BCUT2D eigenvalue weighted by Crippen LogP contribution is 2.20. The standard InChI is InChI=1S/C12H19NO3S/c1-10-5-6-11(13)9-12(10)17(14,15)8-4-3-7-16-2/h5-6,9H,3-4,7-8,13H2,1-2H3. The Morgan fingerprint density at radius 1 is 1.29 bits per heavy atom. The third kappa shape index (κ3) is 4.02. The Hall–Kier alpha value is -1.07. The van der Waals surface area contributed by atoms with Crippen LogP contribution in [0, 0.1) is 6.92 Å². The Bertz CT molecular complexity index is 469. The van der Waals surface area contributed by atoms with Gasteiger partial charge in [-0.25, -0.2) is 8.42 Å². The third-order valence-corrected chi connectivity index (χ3v) is 4.49. The van der Waals surface area contributed by atoms with Gasteiger partial charge in [0.15, 0.2) is 9.84 Å². The first-order valence-electron chi connectivity index (χ1n) is 5.55. The highest BCUT2D eigenvalue weighted by atomic mass is 32.2. The van der Waals surface area contributed by atoms with E-state index in [1.165, 1.54) is 6.07 Å². The van der Waals surface area contributed by atoms with Gasteiger partial charge in [0.25, 0.3) is 0 Å². The van der Waals surface area contributed by atoms with Gasteiger partial charge in [0.1, 0.15) is 0 Å². The van der Waals surface area contributed by atoms with E-state index in [1.54, 1.807) is 26.2 Å². The van der Waals surface area contributed by atoms with Gasteiger partial charge in [-0.2, -0.15) is 0 Å². The molecule has 1 aromatic rings. The highest BCUT2D eigenvalue weighted by Gasteiger charge is 2.16. The summed E-state index contributed by atoms with van der Waals surface area (Å²) in [6, 6.07) is 4.97. The average Bonchev–Trinajstić information content (AvgIpc) is 2.28. The maximum atomic E-state index is 12.1. The molecule has 5 heteroatoms. The molecule has 2 N–H and O–H groups in total. The predicted molar refractivity (Wildman–Crippen MR) is 68.8 cm³/mol. The Labute approximate surface area is 103 Å². The van der Waals surface area contributed by atoms with Gasteiger partial charge in [0, 0.05) is 19.4 Å². The van der Waals surface area contributed by atoms with E-state index in [4.69, 9.17) is 10.5 Å². The monoisotopic (exact) mass is 257 g/mol. The van der Waals surface area contributed by atoms with Crippen molar-refractivity contribution in [2.75, 3.05) is 25.2 Å². The molecular formula is C12H19NO3S. The number of methoxy groups -OCH3 is 1. The number of hydrogen-bond acceptors (Lipinski definition) is 4. The number of hydrogen-bond donors (Lipinski definition) is 1. The van der Waals surface area contributed by atoms with E-state index in [-0.39, 0.29) is 5.75 Å². The highest BCUT2D eigenvalue weighted by molar-refractivity contribution is 7.91. The molecule has 1 rings (SSSR count). The van der Waals surface area contributed by atoms with Crippen molar-refractivity contribution in [3.8, 4) is 0 Å². The van der Waals surface area contributed by atoms with Crippen molar-refractivity contribution in [3.63, 3.8) is 0 Å². The second-order valence-corrected chi connectivity index (χ2v) is 6.12. The summed E-state index contributed by atoms with van der Waals surface area (Å²) >= 11 is 0. The maximum Gasteiger partial charge on any atom is 0.178 e. The third-order valence-electron chi connectivity index (χ3n) is 2.56. The zero-order valence-electron chi connectivity index (χ0n) is 10.3. The van der Waals surface area contributed by atoms with Crippen molar-refractivity contribution in [1.29, 1.82) is 0 Å². The average molecular weight is 257 g/mol. The first-order chi connectivity index (χ1) is 7.97. The van der Waals surface area contributed by atoms with Gasteiger partial charge >= 0.3 is 0 Å². The number of unbranched alkanes of at least 4 members (excludes halogenated alkanes) is 1. The molecular weight excluding hydrogens is 238 g/mol. The number of anilines is 1. The van der Waals surface area contributed by atoms with Gasteiger partial charge in [-0.15, -0.1) is 0 Å². The van der Waals surface area contributed by atoms with E-state index in [0.717, 1.165) is 12.0 Å². The van der Waals surface area contributed by atoms with E-state index < -0.39 is 9.84 Å². The number of nitrogen functional groups attached to an aromatic ring is 1. The Balaban J connectivity index is 2.79. The van der Waals surface area contributed by atoms with Gasteiger partial charge in [0.2, 0.25) is 0 Å². The Kier molecular flexibility index (Phi) is 4.96. The van der Waals surface area contributed by atoms with E-state index in [2.05, 4.69) is 0 Å². The summed E-state index contributed by atoms with van der Waals surface area (Å²) in [5.41, 5.74) is 6.84. The van der Waals surface area contributed by atoms with Crippen molar-refractivity contribution in [3.05, 3.63) is 23.8 Å². The molecule has 0 bridgehead atoms. The quantitative estimate of drug-likeness (QED) is 0.623. The van der Waals surface area contributed by atoms with Crippen LogP contribution in [-0.4, -0.2) is 27.9 Å². The largest absolute Gasteiger partial charge is 0.399 e. The topological polar surface area (TPSA) is 69.4 Å². The summed E-state index contributed by atoms with van der Waals surface area (Å²) in [4.78, 5) is 0.343. The Morgan fingerprint density at radius 2 is 2.00 bits per heavy atom. The van der Waals surface area contributed by atoms with Crippen LogP contribution in [0.25, 0.3) is 0 Å². The molecule has 0 heterocycles. The van der Waals surface area contributed by atoms with Crippen molar-refractivity contribution in [2.45, 2.75) is 24.7 Å². The van der Waals surface area contributed by atoms with E-state index in [9.17, 15) is 8.42 Å².